The molecule has 6 nitrogen and oxygen atoms in total. The van der Waals surface area contributed by atoms with Gasteiger partial charge in [0, 0.05) is 34.2 Å². The minimum atomic E-state index is -0.373. The van der Waals surface area contributed by atoms with Crippen LogP contribution in [0.25, 0.3) is 0 Å². The Balaban J connectivity index is 1.65. The quantitative estimate of drug-likeness (QED) is 0.743. The smallest absolute Gasteiger partial charge is 0.226 e. The molecule has 1 N–H and O–H groups in total. The summed E-state index contributed by atoms with van der Waals surface area (Å²) < 4.78 is 7.26. The van der Waals surface area contributed by atoms with E-state index in [0.29, 0.717) is 29.4 Å². The fourth-order valence-electron chi connectivity index (χ4n) is 3.86. The summed E-state index contributed by atoms with van der Waals surface area (Å²) in [5, 5.41) is 8.22. The van der Waals surface area contributed by atoms with Gasteiger partial charge in [-0.25, -0.2) is 4.68 Å². The topological polar surface area (TPSA) is 73.0 Å². The molecule has 1 aromatic carbocycles. The van der Waals surface area contributed by atoms with Crippen LogP contribution in [-0.2, 0) is 4.79 Å². The van der Waals surface area contributed by atoms with Gasteiger partial charge in [0.15, 0.2) is 5.78 Å². The van der Waals surface area contributed by atoms with Gasteiger partial charge in [0.05, 0.1) is 6.26 Å². The Hall–Kier alpha value is -2.86. The number of carbonyl (C=O) groups is 1. The molecule has 1 aliphatic heterocycles. The first kappa shape index (κ1) is 15.4. The van der Waals surface area contributed by atoms with Crippen LogP contribution in [-0.4, -0.2) is 20.5 Å². The second-order valence-corrected chi connectivity index (χ2v) is 6.92. The molecule has 0 amide bonds. The van der Waals surface area contributed by atoms with Gasteiger partial charge in [-0.3, -0.25) is 4.79 Å². The number of rotatable bonds is 2. The summed E-state index contributed by atoms with van der Waals surface area (Å²) >= 11 is 6.45. The van der Waals surface area contributed by atoms with E-state index in [1.54, 1.807) is 10.9 Å². The number of nitrogens with one attached hydrogen (secondary N) is 1. The lowest BCUT2D eigenvalue weighted by molar-refractivity contribution is -0.117. The average molecular weight is 367 g/mol. The molecule has 5 rings (SSSR count). The number of carbonyl (C=O) groups excluding carboxylic acids is 1. The molecule has 0 radical (unpaired) electrons. The Bertz CT molecular complexity index is 1020. The number of Topliss-reactive ketones (excluding diaryl/α,β-unsaturated/α-hetero) is 1. The van der Waals surface area contributed by atoms with Gasteiger partial charge in [-0.15, -0.1) is 0 Å². The Morgan fingerprint density at radius 2 is 2.08 bits per heavy atom. The zero-order valence-corrected chi connectivity index (χ0v) is 14.5. The van der Waals surface area contributed by atoms with Crippen LogP contribution in [0.4, 0.5) is 5.95 Å². The molecule has 0 saturated heterocycles. The fourth-order valence-corrected chi connectivity index (χ4v) is 4.10. The van der Waals surface area contributed by atoms with Gasteiger partial charge >= 0.3 is 0 Å². The number of allylic oxidation sites excluding steroid dienone is 2. The molecular formula is C19H15ClN4O2. The van der Waals surface area contributed by atoms with Crippen molar-refractivity contribution in [2.24, 2.45) is 0 Å². The van der Waals surface area contributed by atoms with Crippen molar-refractivity contribution in [2.45, 2.75) is 24.8 Å². The summed E-state index contributed by atoms with van der Waals surface area (Å²) in [6.07, 6.45) is 4.21. The first-order valence-corrected chi connectivity index (χ1v) is 8.81. The highest BCUT2D eigenvalue weighted by molar-refractivity contribution is 6.31. The third-order valence-electron chi connectivity index (χ3n) is 5.01. The van der Waals surface area contributed by atoms with E-state index in [4.69, 9.17) is 16.0 Å². The monoisotopic (exact) mass is 366 g/mol. The van der Waals surface area contributed by atoms with Crippen LogP contribution in [0.3, 0.4) is 0 Å². The Morgan fingerprint density at radius 1 is 1.19 bits per heavy atom. The molecule has 26 heavy (non-hydrogen) atoms. The molecule has 0 spiro atoms. The van der Waals surface area contributed by atoms with Crippen LogP contribution < -0.4 is 5.32 Å². The lowest BCUT2D eigenvalue weighted by Crippen LogP contribution is -2.33. The molecule has 0 saturated carbocycles. The summed E-state index contributed by atoms with van der Waals surface area (Å²) in [6, 6.07) is 10.9. The van der Waals surface area contributed by atoms with Crippen molar-refractivity contribution in [3.63, 3.8) is 0 Å². The van der Waals surface area contributed by atoms with E-state index in [9.17, 15) is 4.79 Å². The van der Waals surface area contributed by atoms with Crippen molar-refractivity contribution in [3.05, 3.63) is 76.6 Å². The van der Waals surface area contributed by atoms with Gasteiger partial charge in [-0.1, -0.05) is 29.8 Å². The van der Waals surface area contributed by atoms with Crippen LogP contribution in [0.15, 0.2) is 64.7 Å². The Morgan fingerprint density at radius 3 is 2.88 bits per heavy atom. The third kappa shape index (κ3) is 2.29. The largest absolute Gasteiger partial charge is 0.469 e. The van der Waals surface area contributed by atoms with Crippen molar-refractivity contribution < 1.29 is 9.21 Å². The van der Waals surface area contributed by atoms with Gasteiger partial charge in [0.2, 0.25) is 5.95 Å². The molecule has 2 aliphatic rings. The molecule has 7 heteroatoms. The molecule has 130 valence electrons. The van der Waals surface area contributed by atoms with E-state index >= 15 is 0 Å². The highest BCUT2D eigenvalue weighted by atomic mass is 35.5. The van der Waals surface area contributed by atoms with Crippen molar-refractivity contribution in [2.75, 3.05) is 5.32 Å². The molecule has 0 bridgehead atoms. The lowest BCUT2D eigenvalue weighted by atomic mass is 9.79. The lowest BCUT2D eigenvalue weighted by Gasteiger charge is -2.34. The molecule has 0 fully saturated rings. The molecule has 2 aromatic heterocycles. The van der Waals surface area contributed by atoms with E-state index in [2.05, 4.69) is 15.4 Å². The SMILES string of the molecule is O=C1C[C@@H](c2ccco2)CC2=C1[C@H](c1ccccc1Cl)n1ncnc1N2. The van der Waals surface area contributed by atoms with E-state index in [1.807, 2.05) is 36.4 Å². The van der Waals surface area contributed by atoms with E-state index < -0.39 is 0 Å². The number of hydrogen-bond acceptors (Lipinski definition) is 5. The average Bonchev–Trinajstić information content (AvgIpc) is 3.32. The predicted octanol–water partition coefficient (Wildman–Crippen LogP) is 3.94. The second kappa shape index (κ2) is 5.85. The fraction of sp³-hybridized carbons (Fsp3) is 0.211. The standard InChI is InChI=1S/C19H15ClN4O2/c20-13-5-2-1-4-12(13)18-17-14(23-19-21-10-22-24(18)19)8-11(9-15(17)25)16-6-3-7-26-16/h1-7,10-11,18H,8-9H2,(H,21,22,23)/t11-,18-/m0/s1. The van der Waals surface area contributed by atoms with Gasteiger partial charge in [0.1, 0.15) is 18.1 Å². The summed E-state index contributed by atoms with van der Waals surface area (Å²) in [5.41, 5.74) is 2.42. The molecular weight excluding hydrogens is 352 g/mol. The van der Waals surface area contributed by atoms with Crippen molar-refractivity contribution in [3.8, 4) is 0 Å². The van der Waals surface area contributed by atoms with Crippen LogP contribution in [0.5, 0.6) is 0 Å². The van der Waals surface area contributed by atoms with Gasteiger partial charge in [-0.05, 0) is 24.6 Å². The van der Waals surface area contributed by atoms with Crippen LogP contribution in [0.1, 0.15) is 36.1 Å². The van der Waals surface area contributed by atoms with E-state index in [-0.39, 0.29) is 17.7 Å². The summed E-state index contributed by atoms with van der Waals surface area (Å²) in [6.45, 7) is 0. The number of halogens is 1. The highest BCUT2D eigenvalue weighted by Crippen LogP contribution is 2.44. The van der Waals surface area contributed by atoms with Gasteiger partial charge in [0.25, 0.3) is 0 Å². The number of ketones is 1. The minimum Gasteiger partial charge on any atom is -0.469 e. The zero-order chi connectivity index (χ0) is 17.7. The van der Waals surface area contributed by atoms with Crippen LogP contribution >= 0.6 is 11.6 Å². The predicted molar refractivity (Wildman–Crippen MR) is 96.0 cm³/mol. The third-order valence-corrected chi connectivity index (χ3v) is 5.35. The van der Waals surface area contributed by atoms with E-state index in [1.165, 1.54) is 6.33 Å². The molecule has 1 aliphatic carbocycles. The summed E-state index contributed by atoms with van der Waals surface area (Å²) in [4.78, 5) is 17.4. The highest BCUT2D eigenvalue weighted by Gasteiger charge is 2.40. The maximum absolute atomic E-state index is 13.1. The number of aromatic nitrogens is 3. The number of anilines is 1. The van der Waals surface area contributed by atoms with Crippen molar-refractivity contribution in [1.29, 1.82) is 0 Å². The Labute approximate surface area is 154 Å². The number of benzene rings is 1. The molecule has 3 heterocycles. The molecule has 2 atom stereocenters. The maximum Gasteiger partial charge on any atom is 0.226 e. The minimum absolute atomic E-state index is 0.0186. The number of hydrogen-bond donors (Lipinski definition) is 1. The summed E-state index contributed by atoms with van der Waals surface area (Å²) in [5.74, 6) is 1.53. The van der Waals surface area contributed by atoms with Crippen LogP contribution in [0.2, 0.25) is 5.02 Å². The maximum atomic E-state index is 13.1. The first-order chi connectivity index (χ1) is 12.7. The van der Waals surface area contributed by atoms with Gasteiger partial charge < -0.3 is 9.73 Å². The first-order valence-electron chi connectivity index (χ1n) is 8.43. The zero-order valence-electron chi connectivity index (χ0n) is 13.7. The van der Waals surface area contributed by atoms with Gasteiger partial charge in [-0.2, -0.15) is 10.1 Å². The van der Waals surface area contributed by atoms with Crippen LogP contribution in [0, 0.1) is 0 Å². The van der Waals surface area contributed by atoms with Crippen molar-refractivity contribution in [1.82, 2.24) is 14.8 Å². The normalized spacial score (nSPS) is 22.0. The summed E-state index contributed by atoms with van der Waals surface area (Å²) in [7, 11) is 0. The molecule has 3 aromatic rings. The van der Waals surface area contributed by atoms with Crippen molar-refractivity contribution >= 4 is 23.3 Å². The Kier molecular flexibility index (Phi) is 3.46. The number of fused-ring (bicyclic) bond motifs is 1. The number of nitrogens with zero attached hydrogens (tertiary/aromatic N) is 3. The molecule has 0 unspecified atom stereocenters. The number of furan rings is 1. The second-order valence-electron chi connectivity index (χ2n) is 6.51. The van der Waals surface area contributed by atoms with E-state index in [0.717, 1.165) is 17.0 Å².